The highest BCUT2D eigenvalue weighted by atomic mass is 32.2. The molecule has 2 N–H and O–H groups in total. The van der Waals surface area contributed by atoms with Crippen molar-refractivity contribution in [2.75, 3.05) is 5.73 Å². The lowest BCUT2D eigenvalue weighted by atomic mass is 10.2. The summed E-state index contributed by atoms with van der Waals surface area (Å²) in [6.07, 6.45) is 2.43. The molecule has 1 heterocycles. The van der Waals surface area contributed by atoms with Gasteiger partial charge in [-0.05, 0) is 25.7 Å². The van der Waals surface area contributed by atoms with E-state index in [2.05, 4.69) is 30.7 Å². The summed E-state index contributed by atoms with van der Waals surface area (Å²) in [7, 11) is 0. The van der Waals surface area contributed by atoms with Gasteiger partial charge in [0.05, 0.1) is 0 Å². The lowest BCUT2D eigenvalue weighted by Crippen LogP contribution is -2.09. The molecule has 1 unspecified atom stereocenters. The number of nitrogens with zero attached hydrogens (tertiary/aromatic N) is 2. The van der Waals surface area contributed by atoms with Gasteiger partial charge in [0.1, 0.15) is 16.7 Å². The fourth-order valence-corrected chi connectivity index (χ4v) is 2.53. The van der Waals surface area contributed by atoms with Crippen molar-refractivity contribution in [2.24, 2.45) is 5.92 Å². The molecule has 1 aliphatic carbocycles. The lowest BCUT2D eigenvalue weighted by Gasteiger charge is -2.16. The Kier molecular flexibility index (Phi) is 3.61. The molecule has 0 bridgehead atoms. The van der Waals surface area contributed by atoms with Crippen LogP contribution in [0.2, 0.25) is 0 Å². The van der Waals surface area contributed by atoms with Crippen LogP contribution in [0, 0.1) is 12.8 Å². The maximum absolute atomic E-state index is 5.97. The first kappa shape index (κ1) is 12.7. The maximum Gasteiger partial charge on any atom is 0.135 e. The van der Waals surface area contributed by atoms with Gasteiger partial charge in [0.2, 0.25) is 0 Å². The van der Waals surface area contributed by atoms with E-state index in [9.17, 15) is 0 Å². The Morgan fingerprint density at radius 1 is 1.24 bits per heavy atom. The normalized spacial score (nSPS) is 17.5. The van der Waals surface area contributed by atoms with Crippen molar-refractivity contribution in [2.45, 2.75) is 56.7 Å². The van der Waals surface area contributed by atoms with Gasteiger partial charge >= 0.3 is 0 Å². The van der Waals surface area contributed by atoms with E-state index in [4.69, 9.17) is 5.73 Å². The van der Waals surface area contributed by atoms with E-state index in [1.807, 2.05) is 18.7 Å². The molecule has 3 nitrogen and oxygen atoms in total. The molecule has 1 fully saturated rings. The van der Waals surface area contributed by atoms with Gasteiger partial charge < -0.3 is 5.73 Å². The zero-order chi connectivity index (χ0) is 12.6. The molecule has 0 saturated heterocycles. The van der Waals surface area contributed by atoms with Crippen molar-refractivity contribution in [3.8, 4) is 0 Å². The molecule has 0 amide bonds. The molecule has 1 aromatic heterocycles. The molecule has 4 heteroatoms. The van der Waals surface area contributed by atoms with Crippen molar-refractivity contribution < 1.29 is 0 Å². The third kappa shape index (κ3) is 2.92. The van der Waals surface area contributed by atoms with E-state index >= 15 is 0 Å². The molecule has 1 aliphatic rings. The van der Waals surface area contributed by atoms with Crippen LogP contribution >= 0.6 is 11.8 Å². The standard InChI is InChI=1S/C13H21N3S/c1-7(2)9(4)17-13-8(3)11(14)15-12(16-13)10-5-6-10/h7,9-10H,5-6H2,1-4H3,(H2,14,15,16). The number of nitrogen functional groups attached to an aromatic ring is 1. The summed E-state index contributed by atoms with van der Waals surface area (Å²) in [6.45, 7) is 8.73. The first-order valence-electron chi connectivity index (χ1n) is 6.29. The average Bonchev–Trinajstić information content (AvgIpc) is 3.07. The van der Waals surface area contributed by atoms with Crippen LogP contribution in [0.3, 0.4) is 0 Å². The largest absolute Gasteiger partial charge is 0.383 e. The summed E-state index contributed by atoms with van der Waals surface area (Å²) >= 11 is 1.82. The molecule has 0 aromatic carbocycles. The fraction of sp³-hybridized carbons (Fsp3) is 0.692. The van der Waals surface area contributed by atoms with Crippen LogP contribution in [0.1, 0.15) is 50.9 Å². The minimum Gasteiger partial charge on any atom is -0.383 e. The van der Waals surface area contributed by atoms with E-state index in [1.54, 1.807) is 0 Å². The number of nitrogens with two attached hydrogens (primary N) is 1. The molecule has 2 rings (SSSR count). The Morgan fingerprint density at radius 3 is 2.41 bits per heavy atom. The van der Waals surface area contributed by atoms with Crippen molar-refractivity contribution in [3.05, 3.63) is 11.4 Å². The zero-order valence-electron chi connectivity index (χ0n) is 11.0. The molecular formula is C13H21N3S. The first-order chi connectivity index (χ1) is 7.99. The first-order valence-corrected chi connectivity index (χ1v) is 7.17. The molecule has 1 atom stereocenters. The van der Waals surface area contributed by atoms with Gasteiger partial charge in [0, 0.05) is 16.7 Å². The number of hydrogen-bond donors (Lipinski definition) is 1. The quantitative estimate of drug-likeness (QED) is 0.658. The van der Waals surface area contributed by atoms with Crippen LogP contribution < -0.4 is 5.73 Å². The lowest BCUT2D eigenvalue weighted by molar-refractivity contribution is 0.641. The molecule has 0 radical (unpaired) electrons. The van der Waals surface area contributed by atoms with Crippen LogP contribution in [0.15, 0.2) is 5.03 Å². The van der Waals surface area contributed by atoms with E-state index < -0.39 is 0 Å². The molecular weight excluding hydrogens is 230 g/mol. The van der Waals surface area contributed by atoms with Gasteiger partial charge in [-0.25, -0.2) is 9.97 Å². The predicted octanol–water partition coefficient (Wildman–Crippen LogP) is 3.38. The molecule has 0 aliphatic heterocycles. The Bertz CT molecular complexity index is 413. The van der Waals surface area contributed by atoms with Gasteiger partial charge in [-0.3, -0.25) is 0 Å². The molecule has 0 spiro atoms. The van der Waals surface area contributed by atoms with Gasteiger partial charge in [-0.1, -0.05) is 20.8 Å². The zero-order valence-corrected chi connectivity index (χ0v) is 11.8. The van der Waals surface area contributed by atoms with Crippen molar-refractivity contribution in [1.82, 2.24) is 9.97 Å². The van der Waals surface area contributed by atoms with Gasteiger partial charge in [-0.15, -0.1) is 11.8 Å². The van der Waals surface area contributed by atoms with E-state index in [-0.39, 0.29) is 0 Å². The van der Waals surface area contributed by atoms with Crippen molar-refractivity contribution >= 4 is 17.6 Å². The maximum atomic E-state index is 5.97. The highest BCUT2D eigenvalue weighted by Crippen LogP contribution is 2.40. The Labute approximate surface area is 108 Å². The summed E-state index contributed by atoms with van der Waals surface area (Å²) in [5.41, 5.74) is 7.01. The minimum absolute atomic E-state index is 0.551. The Hall–Kier alpha value is -0.770. The Balaban J connectivity index is 2.25. The van der Waals surface area contributed by atoms with Crippen LogP contribution in [0.5, 0.6) is 0 Å². The third-order valence-electron chi connectivity index (χ3n) is 3.33. The molecule has 17 heavy (non-hydrogen) atoms. The summed E-state index contributed by atoms with van der Waals surface area (Å²) in [5.74, 6) is 2.80. The molecule has 94 valence electrons. The topological polar surface area (TPSA) is 51.8 Å². The van der Waals surface area contributed by atoms with Crippen LogP contribution in [-0.4, -0.2) is 15.2 Å². The monoisotopic (exact) mass is 251 g/mol. The van der Waals surface area contributed by atoms with Gasteiger partial charge in [-0.2, -0.15) is 0 Å². The van der Waals surface area contributed by atoms with Crippen molar-refractivity contribution in [3.63, 3.8) is 0 Å². The number of rotatable bonds is 4. The minimum atomic E-state index is 0.551. The summed E-state index contributed by atoms with van der Waals surface area (Å²) < 4.78 is 0. The van der Waals surface area contributed by atoms with Crippen LogP contribution in [0.4, 0.5) is 5.82 Å². The molecule has 1 saturated carbocycles. The number of anilines is 1. The highest BCUT2D eigenvalue weighted by molar-refractivity contribution is 7.99. The molecule has 1 aromatic rings. The van der Waals surface area contributed by atoms with Crippen LogP contribution in [-0.2, 0) is 0 Å². The van der Waals surface area contributed by atoms with E-state index in [0.29, 0.717) is 22.9 Å². The fourth-order valence-electron chi connectivity index (χ4n) is 1.48. The highest BCUT2D eigenvalue weighted by Gasteiger charge is 2.28. The van der Waals surface area contributed by atoms with Gasteiger partial charge in [0.25, 0.3) is 0 Å². The smallest absolute Gasteiger partial charge is 0.135 e. The second-order valence-corrected chi connectivity index (χ2v) is 6.60. The summed E-state index contributed by atoms with van der Waals surface area (Å²) in [5, 5.41) is 1.62. The van der Waals surface area contributed by atoms with Crippen molar-refractivity contribution in [1.29, 1.82) is 0 Å². The summed E-state index contributed by atoms with van der Waals surface area (Å²) in [6, 6.07) is 0. The van der Waals surface area contributed by atoms with E-state index in [1.165, 1.54) is 12.8 Å². The second-order valence-electron chi connectivity index (χ2n) is 5.24. The number of hydrogen-bond acceptors (Lipinski definition) is 4. The summed E-state index contributed by atoms with van der Waals surface area (Å²) in [4.78, 5) is 9.09. The second kappa shape index (κ2) is 4.84. The van der Waals surface area contributed by atoms with Gasteiger partial charge in [0.15, 0.2) is 0 Å². The number of aromatic nitrogens is 2. The SMILES string of the molecule is Cc1c(N)nc(C2CC2)nc1SC(C)C(C)C. The average molecular weight is 251 g/mol. The number of thioether (sulfide) groups is 1. The Morgan fingerprint density at radius 2 is 1.88 bits per heavy atom. The van der Waals surface area contributed by atoms with E-state index in [0.717, 1.165) is 16.4 Å². The predicted molar refractivity (Wildman–Crippen MR) is 73.3 cm³/mol. The third-order valence-corrected chi connectivity index (χ3v) is 4.87. The van der Waals surface area contributed by atoms with Crippen LogP contribution in [0.25, 0.3) is 0 Å².